The zero-order valence-corrected chi connectivity index (χ0v) is 21.6. The van der Waals surface area contributed by atoms with Crippen LogP contribution in [0.3, 0.4) is 0 Å². The summed E-state index contributed by atoms with van der Waals surface area (Å²) in [6.07, 6.45) is -4.86. The van der Waals surface area contributed by atoms with Crippen molar-refractivity contribution in [3.63, 3.8) is 0 Å². The number of fused-ring (bicyclic) bond motifs is 1. The Balaban J connectivity index is 1.84. The number of ketones is 1. The Kier molecular flexibility index (Phi) is 7.35. The zero-order valence-electron chi connectivity index (χ0n) is 21.6. The smallest absolute Gasteiger partial charge is 0.417 e. The number of aromatic carboxylic acids is 1. The summed E-state index contributed by atoms with van der Waals surface area (Å²) in [6.45, 7) is 2.34. The van der Waals surface area contributed by atoms with Crippen molar-refractivity contribution in [1.29, 1.82) is 5.26 Å². The number of carbonyl (C=O) groups excluding carboxylic acids is 3. The fraction of sp³-hybridized carbons (Fsp3) is 0.143. The number of benzene rings is 3. The van der Waals surface area contributed by atoms with Gasteiger partial charge in [-0.1, -0.05) is 11.2 Å². The minimum atomic E-state index is -4.86. The lowest BCUT2D eigenvalue weighted by atomic mass is 9.91. The van der Waals surface area contributed by atoms with Crippen LogP contribution in [-0.4, -0.2) is 40.9 Å². The zero-order chi connectivity index (χ0) is 30.2. The molecule has 1 heterocycles. The van der Waals surface area contributed by atoms with Crippen molar-refractivity contribution >= 4 is 45.9 Å². The van der Waals surface area contributed by atoms with Gasteiger partial charge in [0.05, 0.1) is 33.8 Å². The van der Waals surface area contributed by atoms with Crippen LogP contribution in [0.15, 0.2) is 53.1 Å². The molecule has 10 nitrogen and oxygen atoms in total. The molecule has 0 atom stereocenters. The van der Waals surface area contributed by atoms with Gasteiger partial charge in [-0.2, -0.15) is 18.4 Å². The van der Waals surface area contributed by atoms with E-state index in [0.29, 0.717) is 0 Å². The number of hydrogen-bond acceptors (Lipinski definition) is 7. The van der Waals surface area contributed by atoms with E-state index in [1.807, 2.05) is 0 Å². The van der Waals surface area contributed by atoms with Crippen LogP contribution in [0.4, 0.5) is 24.5 Å². The maximum Gasteiger partial charge on any atom is 0.417 e. The summed E-state index contributed by atoms with van der Waals surface area (Å²) < 4.78 is 47.7. The number of anilines is 2. The summed E-state index contributed by atoms with van der Waals surface area (Å²) in [5, 5.41) is 24.5. The molecular formula is C28H19F3N4O6. The van der Waals surface area contributed by atoms with Gasteiger partial charge in [0.1, 0.15) is 0 Å². The van der Waals surface area contributed by atoms with Crippen LogP contribution in [0.5, 0.6) is 0 Å². The lowest BCUT2D eigenvalue weighted by molar-refractivity contribution is -0.137. The van der Waals surface area contributed by atoms with Crippen LogP contribution >= 0.6 is 0 Å². The lowest BCUT2D eigenvalue weighted by Gasteiger charge is -2.20. The Morgan fingerprint density at radius 3 is 2.29 bits per heavy atom. The Bertz CT molecular complexity index is 1800. The van der Waals surface area contributed by atoms with Gasteiger partial charge in [-0.3, -0.25) is 14.4 Å². The van der Waals surface area contributed by atoms with Crippen molar-refractivity contribution < 1.29 is 42.0 Å². The number of nitriles is 1. The van der Waals surface area contributed by atoms with Crippen LogP contribution in [0.25, 0.3) is 22.1 Å². The van der Waals surface area contributed by atoms with E-state index in [9.17, 15) is 37.5 Å². The number of nitrogens with zero attached hydrogens (tertiary/aromatic N) is 3. The van der Waals surface area contributed by atoms with Gasteiger partial charge in [0.25, 0.3) is 5.91 Å². The SMILES string of the molecule is CC(=O)c1cc2c(C(=O)Nc3ccc(C#N)cc3C(=O)O)noc2cc1-c1ccc(N(C)C(C)=O)cc1C(F)(F)F. The molecule has 1 aromatic heterocycles. The summed E-state index contributed by atoms with van der Waals surface area (Å²) in [4.78, 5) is 50.0. The molecule has 0 saturated heterocycles. The highest BCUT2D eigenvalue weighted by Crippen LogP contribution is 2.41. The number of Topliss-reactive ketones (excluding diaryl/α,β-unsaturated/α-hetero) is 1. The van der Waals surface area contributed by atoms with Crippen LogP contribution in [0, 0.1) is 11.3 Å². The number of nitrogens with one attached hydrogen (secondary N) is 1. The highest BCUT2D eigenvalue weighted by Gasteiger charge is 2.35. The molecule has 13 heteroatoms. The first-order chi connectivity index (χ1) is 19.2. The average Bonchev–Trinajstić information content (AvgIpc) is 3.34. The number of alkyl halides is 3. The number of hydrogen-bond donors (Lipinski definition) is 2. The largest absolute Gasteiger partial charge is 0.478 e. The second-order valence-corrected chi connectivity index (χ2v) is 8.92. The van der Waals surface area contributed by atoms with E-state index >= 15 is 0 Å². The van der Waals surface area contributed by atoms with Crippen molar-refractivity contribution in [1.82, 2.24) is 5.16 Å². The topological polar surface area (TPSA) is 154 Å². The molecule has 0 aliphatic rings. The minimum Gasteiger partial charge on any atom is -0.478 e. The summed E-state index contributed by atoms with van der Waals surface area (Å²) in [5.74, 6) is -3.44. The average molecular weight is 564 g/mol. The van der Waals surface area contributed by atoms with E-state index in [1.165, 1.54) is 38.2 Å². The number of carboxylic acid groups (broad SMARTS) is 1. The molecule has 4 rings (SSSR count). The van der Waals surface area contributed by atoms with Gasteiger partial charge < -0.3 is 19.8 Å². The predicted molar refractivity (Wildman–Crippen MR) is 140 cm³/mol. The number of halogens is 3. The fourth-order valence-corrected chi connectivity index (χ4v) is 4.14. The van der Waals surface area contributed by atoms with Crippen molar-refractivity contribution in [2.24, 2.45) is 0 Å². The summed E-state index contributed by atoms with van der Waals surface area (Å²) in [5.41, 5.74) is -2.74. The molecule has 0 radical (unpaired) electrons. The molecule has 0 fully saturated rings. The molecule has 0 unspecified atom stereocenters. The molecular weight excluding hydrogens is 545 g/mol. The first-order valence-electron chi connectivity index (χ1n) is 11.7. The fourth-order valence-electron chi connectivity index (χ4n) is 4.14. The van der Waals surface area contributed by atoms with Gasteiger partial charge in [0.2, 0.25) is 5.91 Å². The highest BCUT2D eigenvalue weighted by atomic mass is 19.4. The summed E-state index contributed by atoms with van der Waals surface area (Å²) >= 11 is 0. The molecule has 41 heavy (non-hydrogen) atoms. The molecule has 4 aromatic rings. The van der Waals surface area contributed by atoms with Crippen LogP contribution in [0.2, 0.25) is 0 Å². The van der Waals surface area contributed by atoms with E-state index in [1.54, 1.807) is 6.07 Å². The Hall–Kier alpha value is -5.51. The molecule has 0 saturated carbocycles. The van der Waals surface area contributed by atoms with Gasteiger partial charge in [0.15, 0.2) is 17.1 Å². The monoisotopic (exact) mass is 564 g/mol. The van der Waals surface area contributed by atoms with Gasteiger partial charge in [-0.25, -0.2) is 4.79 Å². The Morgan fingerprint density at radius 2 is 1.71 bits per heavy atom. The van der Waals surface area contributed by atoms with Crippen LogP contribution in [-0.2, 0) is 11.0 Å². The molecule has 2 amide bonds. The van der Waals surface area contributed by atoms with Crippen molar-refractivity contribution in [3.05, 3.63) is 76.5 Å². The predicted octanol–water partition coefficient (Wildman–Crippen LogP) is 5.52. The van der Waals surface area contributed by atoms with Gasteiger partial charge in [-0.15, -0.1) is 0 Å². The molecule has 0 bridgehead atoms. The molecule has 3 aromatic carbocycles. The molecule has 0 spiro atoms. The molecule has 2 N–H and O–H groups in total. The van der Waals surface area contributed by atoms with Crippen LogP contribution < -0.4 is 10.2 Å². The lowest BCUT2D eigenvalue weighted by Crippen LogP contribution is -2.23. The third kappa shape index (κ3) is 5.48. The van der Waals surface area contributed by atoms with Crippen molar-refractivity contribution in [2.45, 2.75) is 20.0 Å². The molecule has 208 valence electrons. The minimum absolute atomic E-state index is 0.0107. The first-order valence-corrected chi connectivity index (χ1v) is 11.7. The highest BCUT2D eigenvalue weighted by molar-refractivity contribution is 6.15. The van der Waals surface area contributed by atoms with E-state index in [2.05, 4.69) is 10.5 Å². The number of amides is 2. The van der Waals surface area contributed by atoms with Gasteiger partial charge in [-0.05, 0) is 60.5 Å². The molecule has 0 aliphatic heterocycles. The second-order valence-electron chi connectivity index (χ2n) is 8.92. The summed E-state index contributed by atoms with van der Waals surface area (Å²) in [7, 11) is 1.32. The van der Waals surface area contributed by atoms with Crippen LogP contribution in [0.1, 0.15) is 56.2 Å². The maximum absolute atomic E-state index is 14.1. The normalized spacial score (nSPS) is 11.1. The van der Waals surface area contributed by atoms with Gasteiger partial charge >= 0.3 is 12.1 Å². The van der Waals surface area contributed by atoms with Gasteiger partial charge in [0, 0.05) is 25.2 Å². The number of rotatable bonds is 6. The number of carbonyl (C=O) groups is 4. The maximum atomic E-state index is 14.1. The number of aromatic nitrogens is 1. The third-order valence-corrected chi connectivity index (χ3v) is 6.29. The quantitative estimate of drug-likeness (QED) is 0.290. The Morgan fingerprint density at radius 1 is 1.00 bits per heavy atom. The second kappa shape index (κ2) is 10.6. The van der Waals surface area contributed by atoms with E-state index in [4.69, 9.17) is 9.78 Å². The van der Waals surface area contributed by atoms with Crippen molar-refractivity contribution in [2.75, 3.05) is 17.3 Å². The number of carboxylic acids is 1. The molecule has 0 aliphatic carbocycles. The first kappa shape index (κ1) is 28.5. The third-order valence-electron chi connectivity index (χ3n) is 6.29. The van der Waals surface area contributed by atoms with E-state index in [-0.39, 0.29) is 55.9 Å². The standard InChI is InChI=1S/C28H19F3N4O6/c1-13(36)18-10-21-24(11-19(18)17-6-5-16(35(3)14(2)37)9-22(17)28(29,30)31)41-34-25(21)26(38)33-23-7-4-15(12-32)8-20(23)27(39)40/h4-11H,1-3H3,(H,33,38)(H,39,40). The Labute approximate surface area is 229 Å². The summed E-state index contributed by atoms with van der Waals surface area (Å²) in [6, 6.07) is 10.9. The van der Waals surface area contributed by atoms with E-state index < -0.39 is 35.3 Å². The van der Waals surface area contributed by atoms with Crippen molar-refractivity contribution in [3.8, 4) is 17.2 Å². The van der Waals surface area contributed by atoms with E-state index in [0.717, 1.165) is 36.1 Å².